The summed E-state index contributed by atoms with van der Waals surface area (Å²) in [4.78, 5) is 0. The molecule has 15 heavy (non-hydrogen) atoms. The van der Waals surface area contributed by atoms with Crippen molar-refractivity contribution in [2.45, 2.75) is 64.5 Å². The van der Waals surface area contributed by atoms with Gasteiger partial charge >= 0.3 is 0 Å². The molecule has 4 N–H and O–H groups in total. The predicted octanol–water partition coefficient (Wildman–Crippen LogP) is 1.64. The number of nitrogens with one attached hydrogen (secondary N) is 1. The van der Waals surface area contributed by atoms with Crippen molar-refractivity contribution < 1.29 is 5.11 Å². The number of rotatable bonds is 9. The molecule has 0 aliphatic carbocycles. The Kier molecular flexibility index (Phi) is 8.02. The molecule has 1 unspecified atom stereocenters. The second kappa shape index (κ2) is 8.08. The van der Waals surface area contributed by atoms with Crippen molar-refractivity contribution in [3.05, 3.63) is 0 Å². The summed E-state index contributed by atoms with van der Waals surface area (Å²) >= 11 is 0. The number of hydrogen-bond acceptors (Lipinski definition) is 3. The van der Waals surface area contributed by atoms with Crippen LogP contribution in [-0.4, -0.2) is 29.8 Å². The van der Waals surface area contributed by atoms with Gasteiger partial charge in [-0.2, -0.15) is 0 Å². The lowest BCUT2D eigenvalue weighted by molar-refractivity contribution is 0.218. The van der Waals surface area contributed by atoms with E-state index < -0.39 is 0 Å². The average molecular weight is 216 g/mol. The zero-order valence-electron chi connectivity index (χ0n) is 10.6. The van der Waals surface area contributed by atoms with Crippen LogP contribution >= 0.6 is 0 Å². The van der Waals surface area contributed by atoms with Crippen molar-refractivity contribution in [2.24, 2.45) is 5.73 Å². The third kappa shape index (κ3) is 5.50. The summed E-state index contributed by atoms with van der Waals surface area (Å²) in [6.45, 7) is 7.43. The van der Waals surface area contributed by atoms with Gasteiger partial charge in [-0.15, -0.1) is 0 Å². The maximum atomic E-state index is 8.89. The second-order valence-corrected chi connectivity index (χ2v) is 4.54. The summed E-state index contributed by atoms with van der Waals surface area (Å²) in [5.74, 6) is 0. The highest BCUT2D eigenvalue weighted by Gasteiger charge is 2.27. The normalized spacial score (nSPS) is 14.2. The lowest BCUT2D eigenvalue weighted by Crippen LogP contribution is -2.54. The molecule has 0 saturated carbocycles. The van der Waals surface area contributed by atoms with E-state index in [1.165, 1.54) is 0 Å². The van der Waals surface area contributed by atoms with E-state index in [1.807, 2.05) is 0 Å². The molecule has 0 aromatic heterocycles. The van der Waals surface area contributed by atoms with E-state index in [-0.39, 0.29) is 12.1 Å². The Balaban J connectivity index is 4.31. The zero-order valence-corrected chi connectivity index (χ0v) is 10.6. The largest absolute Gasteiger partial charge is 0.396 e. The number of hydrogen-bond donors (Lipinski definition) is 3. The van der Waals surface area contributed by atoms with Crippen LogP contribution < -0.4 is 11.1 Å². The molecule has 0 rings (SSSR count). The summed E-state index contributed by atoms with van der Waals surface area (Å²) in [7, 11) is 0. The third-order valence-electron chi connectivity index (χ3n) is 2.96. The topological polar surface area (TPSA) is 58.3 Å². The van der Waals surface area contributed by atoms with Crippen molar-refractivity contribution in [3.8, 4) is 0 Å². The van der Waals surface area contributed by atoms with Gasteiger partial charge in [0, 0.05) is 24.7 Å². The van der Waals surface area contributed by atoms with Crippen LogP contribution in [0.15, 0.2) is 0 Å². The fourth-order valence-electron chi connectivity index (χ4n) is 2.28. The molecule has 0 aromatic rings. The van der Waals surface area contributed by atoms with Crippen molar-refractivity contribution in [2.75, 3.05) is 13.2 Å². The van der Waals surface area contributed by atoms with Crippen LogP contribution in [0.25, 0.3) is 0 Å². The first-order valence-electron chi connectivity index (χ1n) is 6.22. The van der Waals surface area contributed by atoms with Gasteiger partial charge < -0.3 is 16.2 Å². The third-order valence-corrected chi connectivity index (χ3v) is 2.96. The minimum Gasteiger partial charge on any atom is -0.396 e. The van der Waals surface area contributed by atoms with Crippen molar-refractivity contribution >= 4 is 0 Å². The smallest absolute Gasteiger partial charge is 0.0445 e. The van der Waals surface area contributed by atoms with Crippen molar-refractivity contribution in [1.29, 1.82) is 0 Å². The van der Waals surface area contributed by atoms with E-state index in [1.54, 1.807) is 0 Å². The molecule has 0 saturated heterocycles. The lowest BCUT2D eigenvalue weighted by Gasteiger charge is -2.36. The van der Waals surface area contributed by atoms with Crippen LogP contribution in [0, 0.1) is 0 Å². The monoisotopic (exact) mass is 216 g/mol. The van der Waals surface area contributed by atoms with E-state index in [2.05, 4.69) is 26.1 Å². The predicted molar refractivity (Wildman–Crippen MR) is 65.9 cm³/mol. The number of aliphatic hydroxyl groups excluding tert-OH is 1. The summed E-state index contributed by atoms with van der Waals surface area (Å²) < 4.78 is 0. The van der Waals surface area contributed by atoms with Crippen LogP contribution in [0.5, 0.6) is 0 Å². The van der Waals surface area contributed by atoms with Gasteiger partial charge in [-0.25, -0.2) is 0 Å². The van der Waals surface area contributed by atoms with Gasteiger partial charge in [-0.05, 0) is 26.2 Å². The highest BCUT2D eigenvalue weighted by molar-refractivity contribution is 4.90. The van der Waals surface area contributed by atoms with Crippen LogP contribution in [0.3, 0.4) is 0 Å². The maximum absolute atomic E-state index is 8.89. The molecule has 0 amide bonds. The maximum Gasteiger partial charge on any atom is 0.0445 e. The van der Waals surface area contributed by atoms with E-state index in [0.29, 0.717) is 12.6 Å². The first kappa shape index (κ1) is 14.9. The minimum absolute atomic E-state index is 0.0814. The first-order chi connectivity index (χ1) is 7.14. The zero-order chi connectivity index (χ0) is 11.7. The van der Waals surface area contributed by atoms with E-state index in [4.69, 9.17) is 10.8 Å². The first-order valence-corrected chi connectivity index (χ1v) is 6.22. The summed E-state index contributed by atoms with van der Waals surface area (Å²) in [6, 6.07) is 0.344. The second-order valence-electron chi connectivity index (χ2n) is 4.54. The van der Waals surface area contributed by atoms with Gasteiger partial charge in [-0.3, -0.25) is 0 Å². The Morgan fingerprint density at radius 3 is 2.13 bits per heavy atom. The molecule has 1 atom stereocenters. The average Bonchev–Trinajstić information content (AvgIpc) is 2.18. The Labute approximate surface area is 94.4 Å². The van der Waals surface area contributed by atoms with Gasteiger partial charge in [0.15, 0.2) is 0 Å². The molecule has 3 heteroatoms. The molecule has 0 spiro atoms. The fraction of sp³-hybridized carbons (Fsp3) is 1.00. The molecular weight excluding hydrogens is 188 g/mol. The van der Waals surface area contributed by atoms with Crippen LogP contribution in [-0.2, 0) is 0 Å². The highest BCUT2D eigenvalue weighted by Crippen LogP contribution is 2.19. The Morgan fingerprint density at radius 2 is 1.80 bits per heavy atom. The Hall–Kier alpha value is -0.120. The fourth-order valence-corrected chi connectivity index (χ4v) is 2.28. The number of aliphatic hydroxyl groups is 1. The van der Waals surface area contributed by atoms with Crippen LogP contribution in [0.2, 0.25) is 0 Å². The summed E-state index contributed by atoms with van der Waals surface area (Å²) in [5, 5.41) is 12.5. The summed E-state index contributed by atoms with van der Waals surface area (Å²) in [5.41, 5.74) is 5.98. The molecule has 92 valence electrons. The molecule has 3 nitrogen and oxygen atoms in total. The highest BCUT2D eigenvalue weighted by atomic mass is 16.3. The number of nitrogens with two attached hydrogens (primary N) is 1. The van der Waals surface area contributed by atoms with Gasteiger partial charge in [0.05, 0.1) is 0 Å². The van der Waals surface area contributed by atoms with Gasteiger partial charge in [0.1, 0.15) is 0 Å². The van der Waals surface area contributed by atoms with Gasteiger partial charge in [0.25, 0.3) is 0 Å². The Bertz CT molecular complexity index is 145. The molecule has 0 aliphatic heterocycles. The quantitative estimate of drug-likeness (QED) is 0.549. The molecule has 0 bridgehead atoms. The molecule has 0 aromatic carbocycles. The molecule has 0 heterocycles. The van der Waals surface area contributed by atoms with Crippen LogP contribution in [0.4, 0.5) is 0 Å². The van der Waals surface area contributed by atoms with Gasteiger partial charge in [-0.1, -0.05) is 26.7 Å². The van der Waals surface area contributed by atoms with E-state index in [9.17, 15) is 0 Å². The standard InChI is InChI=1S/C12H28N2O/c1-4-7-12(10-13,8-5-2)14-11(3)6-9-15/h11,14-15H,4-10,13H2,1-3H3. The van der Waals surface area contributed by atoms with Crippen molar-refractivity contribution in [1.82, 2.24) is 5.32 Å². The molecule has 0 radical (unpaired) electrons. The van der Waals surface area contributed by atoms with Gasteiger partial charge in [0.2, 0.25) is 0 Å². The van der Waals surface area contributed by atoms with Crippen molar-refractivity contribution in [3.63, 3.8) is 0 Å². The minimum atomic E-state index is 0.0814. The SMILES string of the molecule is CCCC(CN)(CCC)NC(C)CCO. The van der Waals surface area contributed by atoms with Crippen LogP contribution in [0.1, 0.15) is 52.9 Å². The van der Waals surface area contributed by atoms with E-state index >= 15 is 0 Å². The lowest BCUT2D eigenvalue weighted by atomic mass is 9.87. The molecular formula is C12H28N2O. The van der Waals surface area contributed by atoms with E-state index in [0.717, 1.165) is 32.1 Å². The molecule has 0 fully saturated rings. The Morgan fingerprint density at radius 1 is 1.27 bits per heavy atom. The molecule has 0 aliphatic rings. The summed E-state index contributed by atoms with van der Waals surface area (Å²) in [6.07, 6.45) is 5.33.